The van der Waals surface area contributed by atoms with Crippen molar-refractivity contribution in [3.8, 4) is 11.5 Å². The van der Waals surface area contributed by atoms with Crippen molar-refractivity contribution in [2.75, 3.05) is 23.3 Å². The van der Waals surface area contributed by atoms with Gasteiger partial charge in [-0.25, -0.2) is 8.42 Å². The van der Waals surface area contributed by atoms with Crippen LogP contribution in [0, 0.1) is 0 Å². The van der Waals surface area contributed by atoms with Crippen LogP contribution in [-0.2, 0) is 22.9 Å². The number of hydrogen-bond acceptors (Lipinski definition) is 6. The Hall–Kier alpha value is -3.97. The molecule has 2 aliphatic rings. The van der Waals surface area contributed by atoms with Crippen LogP contribution in [-0.4, -0.2) is 21.9 Å². The molecule has 0 spiro atoms. The number of rotatable bonds is 4. The first-order chi connectivity index (χ1) is 17.1. The normalized spacial score (nSPS) is 15.0. The molecule has 35 heavy (non-hydrogen) atoms. The van der Waals surface area contributed by atoms with E-state index in [2.05, 4.69) is 9.80 Å². The highest BCUT2D eigenvalue weighted by atomic mass is 32.2. The van der Waals surface area contributed by atoms with Gasteiger partial charge in [0, 0.05) is 35.6 Å². The predicted molar refractivity (Wildman–Crippen MR) is 135 cm³/mol. The third-order valence-electron chi connectivity index (χ3n) is 6.40. The molecule has 7 heteroatoms. The summed E-state index contributed by atoms with van der Waals surface area (Å²) in [6.45, 7) is 2.00. The molecule has 176 valence electrons. The van der Waals surface area contributed by atoms with E-state index in [0.717, 1.165) is 22.5 Å². The molecule has 4 aromatic rings. The number of para-hydroxylation sites is 2. The van der Waals surface area contributed by atoms with Crippen LogP contribution < -0.4 is 19.3 Å². The predicted octanol–water partition coefficient (Wildman–Crippen LogP) is 5.23. The highest BCUT2D eigenvalue weighted by Crippen LogP contribution is 2.35. The molecule has 6 nitrogen and oxygen atoms in total. The Morgan fingerprint density at radius 1 is 0.571 bits per heavy atom. The number of ether oxygens (including phenoxy) is 2. The SMILES string of the molecule is O=S(=O)(c1ccc2c(c1)CN(c1ccccc1)CO2)c1ccc2c(c1)CN(c1ccccc1)CO2. The Labute approximate surface area is 204 Å². The second kappa shape index (κ2) is 8.67. The molecule has 4 aromatic carbocycles. The van der Waals surface area contributed by atoms with E-state index in [4.69, 9.17) is 9.47 Å². The highest BCUT2D eigenvalue weighted by molar-refractivity contribution is 7.91. The number of fused-ring (bicyclic) bond motifs is 2. The number of sulfone groups is 1. The average molecular weight is 485 g/mol. The first-order valence-electron chi connectivity index (χ1n) is 11.4. The summed E-state index contributed by atoms with van der Waals surface area (Å²) in [7, 11) is -3.72. The Morgan fingerprint density at radius 3 is 1.43 bits per heavy atom. The van der Waals surface area contributed by atoms with Gasteiger partial charge in [0.05, 0.1) is 9.79 Å². The first-order valence-corrected chi connectivity index (χ1v) is 12.9. The summed E-state index contributed by atoms with van der Waals surface area (Å²) in [5.74, 6) is 1.43. The molecular weight excluding hydrogens is 460 g/mol. The lowest BCUT2D eigenvalue weighted by Gasteiger charge is -2.31. The van der Waals surface area contributed by atoms with E-state index in [0.29, 0.717) is 38.1 Å². The maximum absolute atomic E-state index is 13.6. The monoisotopic (exact) mass is 484 g/mol. The van der Waals surface area contributed by atoms with Gasteiger partial charge in [0.2, 0.25) is 9.84 Å². The molecule has 0 saturated heterocycles. The second-order valence-electron chi connectivity index (χ2n) is 8.66. The quantitative estimate of drug-likeness (QED) is 0.395. The Kier molecular flexibility index (Phi) is 5.34. The summed E-state index contributed by atoms with van der Waals surface area (Å²) >= 11 is 0. The summed E-state index contributed by atoms with van der Waals surface area (Å²) in [5, 5.41) is 0. The zero-order chi connectivity index (χ0) is 23.8. The lowest BCUT2D eigenvalue weighted by molar-refractivity contribution is 0.289. The molecule has 0 aromatic heterocycles. The van der Waals surface area contributed by atoms with Gasteiger partial charge in [-0.3, -0.25) is 0 Å². The smallest absolute Gasteiger partial charge is 0.206 e. The van der Waals surface area contributed by atoms with Crippen LogP contribution in [0.4, 0.5) is 11.4 Å². The Morgan fingerprint density at radius 2 is 1.00 bits per heavy atom. The van der Waals surface area contributed by atoms with Gasteiger partial charge in [0.1, 0.15) is 11.5 Å². The van der Waals surface area contributed by atoms with Crippen LogP contribution in [0.5, 0.6) is 11.5 Å². The number of hydrogen-bond donors (Lipinski definition) is 0. The molecular formula is C28H24N2O4S. The van der Waals surface area contributed by atoms with E-state index in [1.54, 1.807) is 36.4 Å². The fraction of sp³-hybridized carbons (Fsp3) is 0.143. The van der Waals surface area contributed by atoms with Gasteiger partial charge in [-0.15, -0.1) is 0 Å². The van der Waals surface area contributed by atoms with Crippen molar-refractivity contribution in [1.82, 2.24) is 0 Å². The lowest BCUT2D eigenvalue weighted by Crippen LogP contribution is -2.32. The van der Waals surface area contributed by atoms with E-state index in [1.807, 2.05) is 60.7 Å². The first kappa shape index (κ1) is 21.6. The molecule has 0 radical (unpaired) electrons. The van der Waals surface area contributed by atoms with Crippen LogP contribution in [0.1, 0.15) is 11.1 Å². The van der Waals surface area contributed by atoms with Gasteiger partial charge >= 0.3 is 0 Å². The Balaban J connectivity index is 1.29. The van der Waals surface area contributed by atoms with Gasteiger partial charge in [-0.2, -0.15) is 0 Å². The van der Waals surface area contributed by atoms with Crippen molar-refractivity contribution in [3.05, 3.63) is 108 Å². The summed E-state index contributed by atoms with van der Waals surface area (Å²) in [4.78, 5) is 4.66. The molecule has 6 rings (SSSR count). The van der Waals surface area contributed by atoms with Crippen molar-refractivity contribution >= 4 is 21.2 Å². The number of anilines is 2. The van der Waals surface area contributed by atoms with Crippen LogP contribution in [0.15, 0.2) is 107 Å². The van der Waals surface area contributed by atoms with Gasteiger partial charge < -0.3 is 19.3 Å². The number of benzene rings is 4. The molecule has 0 aliphatic carbocycles. The topological polar surface area (TPSA) is 59.1 Å². The van der Waals surface area contributed by atoms with Crippen LogP contribution in [0.25, 0.3) is 0 Å². The Bertz CT molecular complexity index is 1370. The number of nitrogens with zero attached hydrogens (tertiary/aromatic N) is 2. The molecule has 0 unspecified atom stereocenters. The van der Waals surface area contributed by atoms with Crippen molar-refractivity contribution in [1.29, 1.82) is 0 Å². The molecule has 0 fully saturated rings. The van der Waals surface area contributed by atoms with E-state index < -0.39 is 9.84 Å². The van der Waals surface area contributed by atoms with E-state index >= 15 is 0 Å². The lowest BCUT2D eigenvalue weighted by atomic mass is 10.1. The molecule has 0 N–H and O–H groups in total. The van der Waals surface area contributed by atoms with Crippen molar-refractivity contribution < 1.29 is 17.9 Å². The third kappa shape index (κ3) is 4.08. The van der Waals surface area contributed by atoms with Crippen LogP contribution in [0.2, 0.25) is 0 Å². The van der Waals surface area contributed by atoms with Crippen molar-refractivity contribution in [2.45, 2.75) is 22.9 Å². The molecule has 2 heterocycles. The van der Waals surface area contributed by atoms with Crippen molar-refractivity contribution in [2.24, 2.45) is 0 Å². The van der Waals surface area contributed by atoms with Crippen molar-refractivity contribution in [3.63, 3.8) is 0 Å². The van der Waals surface area contributed by atoms with E-state index in [1.165, 1.54) is 0 Å². The second-order valence-corrected chi connectivity index (χ2v) is 10.6. The minimum atomic E-state index is -3.72. The van der Waals surface area contributed by atoms with Crippen LogP contribution >= 0.6 is 0 Å². The van der Waals surface area contributed by atoms with Gasteiger partial charge in [-0.05, 0) is 60.7 Å². The standard InChI is InChI=1S/C28H24N2O4S/c31-35(32,25-11-13-27-21(15-25)17-29(19-33-27)23-7-3-1-4-8-23)26-12-14-28-22(16-26)18-30(20-34-28)24-9-5-2-6-10-24/h1-16H,17-20H2. The van der Waals surface area contributed by atoms with Gasteiger partial charge in [0.15, 0.2) is 13.5 Å². The molecule has 2 aliphatic heterocycles. The van der Waals surface area contributed by atoms with Gasteiger partial charge in [-0.1, -0.05) is 36.4 Å². The van der Waals surface area contributed by atoms with Crippen LogP contribution in [0.3, 0.4) is 0 Å². The van der Waals surface area contributed by atoms with E-state index in [9.17, 15) is 8.42 Å². The summed E-state index contributed by atoms with van der Waals surface area (Å²) in [6, 6.07) is 30.1. The third-order valence-corrected chi connectivity index (χ3v) is 8.15. The summed E-state index contributed by atoms with van der Waals surface area (Å²) in [5.41, 5.74) is 3.75. The van der Waals surface area contributed by atoms with E-state index in [-0.39, 0.29) is 9.79 Å². The fourth-order valence-electron chi connectivity index (χ4n) is 4.52. The zero-order valence-corrected chi connectivity index (χ0v) is 19.8. The molecule has 0 atom stereocenters. The average Bonchev–Trinajstić information content (AvgIpc) is 2.92. The largest absolute Gasteiger partial charge is 0.473 e. The zero-order valence-electron chi connectivity index (χ0n) is 19.0. The minimum absolute atomic E-state index is 0.256. The molecule has 0 amide bonds. The van der Waals surface area contributed by atoms with Gasteiger partial charge in [0.25, 0.3) is 0 Å². The summed E-state index contributed by atoms with van der Waals surface area (Å²) in [6.07, 6.45) is 0. The maximum atomic E-state index is 13.6. The minimum Gasteiger partial charge on any atom is -0.473 e. The highest BCUT2D eigenvalue weighted by Gasteiger charge is 2.25. The summed E-state index contributed by atoms with van der Waals surface area (Å²) < 4.78 is 39.0. The molecule has 0 bridgehead atoms. The fourth-order valence-corrected chi connectivity index (χ4v) is 5.88. The maximum Gasteiger partial charge on any atom is 0.206 e. The molecule has 0 saturated carbocycles.